The molecule has 2 N–H and O–H groups in total. The van der Waals surface area contributed by atoms with Gasteiger partial charge in [-0.2, -0.15) is 5.26 Å². The highest BCUT2D eigenvalue weighted by Crippen LogP contribution is 2.25. The van der Waals surface area contributed by atoms with Crippen LogP contribution in [0.25, 0.3) is 11.8 Å². The normalized spacial score (nSPS) is 12.4. The summed E-state index contributed by atoms with van der Waals surface area (Å²) in [5, 5.41) is 22.4. The van der Waals surface area contributed by atoms with Crippen molar-refractivity contribution in [1.82, 2.24) is 4.57 Å². The third-order valence-electron chi connectivity index (χ3n) is 4.31. The van der Waals surface area contributed by atoms with Crippen LogP contribution in [0.2, 0.25) is 0 Å². The van der Waals surface area contributed by atoms with Crippen LogP contribution >= 0.6 is 11.3 Å². The Balaban J connectivity index is 2.61. The zero-order chi connectivity index (χ0) is 21.6. The van der Waals surface area contributed by atoms with Gasteiger partial charge in [-0.3, -0.25) is 9.36 Å². The molecule has 0 radical (unpaired) electrons. The molecule has 2 rings (SSSR count). The number of aryl methyl sites for hydroxylation is 2. The molecular formula is C21H25N3O4S. The number of hydrogen-bond donors (Lipinski definition) is 2. The molecule has 1 aromatic heterocycles. The molecule has 1 heterocycles. The van der Waals surface area contributed by atoms with E-state index >= 15 is 0 Å². The number of ether oxygens (including phenoxy) is 1. The molecule has 0 fully saturated rings. The number of unbranched alkanes of at least 4 members (excludes halogenated alkanes) is 1. The fraction of sp³-hybridized carbons (Fsp3) is 0.381. The minimum absolute atomic E-state index is 0.147. The average Bonchev–Trinajstić information content (AvgIpc) is 2.99. The van der Waals surface area contributed by atoms with Gasteiger partial charge >= 0.3 is 5.97 Å². The van der Waals surface area contributed by atoms with Gasteiger partial charge in [0.05, 0.1) is 6.61 Å². The summed E-state index contributed by atoms with van der Waals surface area (Å²) in [4.78, 5) is 25.1. The third-order valence-corrected chi connectivity index (χ3v) is 5.44. The Bertz CT molecular complexity index is 1100. The van der Waals surface area contributed by atoms with E-state index < -0.39 is 5.97 Å². The lowest BCUT2D eigenvalue weighted by atomic mass is 10.1. The number of hydrogen-bond acceptors (Lipinski definition) is 7. The number of aromatic hydroxyl groups is 1. The summed E-state index contributed by atoms with van der Waals surface area (Å²) in [6.45, 7) is 7.81. The highest BCUT2D eigenvalue weighted by atomic mass is 32.1. The van der Waals surface area contributed by atoms with Crippen molar-refractivity contribution in [2.24, 2.45) is 0 Å². The van der Waals surface area contributed by atoms with Gasteiger partial charge in [-0.05, 0) is 50.5 Å². The Hall–Kier alpha value is -3.05. The van der Waals surface area contributed by atoms with Crippen LogP contribution in [0.3, 0.4) is 0 Å². The number of nitriles is 1. The summed E-state index contributed by atoms with van der Waals surface area (Å²) in [6, 6.07) is 5.43. The van der Waals surface area contributed by atoms with Crippen LogP contribution in [0, 0.1) is 25.2 Å². The molecule has 0 saturated heterocycles. The number of nitrogens with one attached hydrogen (secondary N) is 1. The molecular weight excluding hydrogens is 390 g/mol. The Morgan fingerprint density at radius 2 is 2.00 bits per heavy atom. The van der Waals surface area contributed by atoms with E-state index in [-0.39, 0.29) is 23.5 Å². The molecule has 0 aliphatic rings. The molecule has 154 valence electrons. The summed E-state index contributed by atoms with van der Waals surface area (Å²) in [5.41, 5.74) is 1.73. The van der Waals surface area contributed by atoms with Crippen molar-refractivity contribution < 1.29 is 14.6 Å². The van der Waals surface area contributed by atoms with Gasteiger partial charge in [-0.15, -0.1) is 11.3 Å². The van der Waals surface area contributed by atoms with Crippen LogP contribution < -0.4 is 20.1 Å². The molecule has 0 saturated carbocycles. The van der Waals surface area contributed by atoms with E-state index in [0.29, 0.717) is 15.7 Å². The minimum Gasteiger partial charge on any atom is -0.507 e. The molecule has 8 heteroatoms. The van der Waals surface area contributed by atoms with Crippen molar-refractivity contribution in [3.8, 4) is 11.8 Å². The molecule has 29 heavy (non-hydrogen) atoms. The van der Waals surface area contributed by atoms with Gasteiger partial charge in [-0.1, -0.05) is 13.3 Å². The zero-order valence-corrected chi connectivity index (χ0v) is 17.9. The number of benzene rings is 1. The molecule has 7 nitrogen and oxygen atoms in total. The quantitative estimate of drug-likeness (QED) is 0.530. The molecule has 0 bridgehead atoms. The number of phenols is 1. The first-order chi connectivity index (χ1) is 13.8. The Morgan fingerprint density at radius 1 is 1.34 bits per heavy atom. The highest BCUT2D eigenvalue weighted by Gasteiger charge is 2.16. The number of phenolic OH excluding ortho intramolecular Hbond substituents is 1. The van der Waals surface area contributed by atoms with Gasteiger partial charge in [0.1, 0.15) is 21.0 Å². The molecule has 1 aromatic carbocycles. The number of thiazole rings is 1. The van der Waals surface area contributed by atoms with Crippen molar-refractivity contribution in [3.63, 3.8) is 0 Å². The highest BCUT2D eigenvalue weighted by molar-refractivity contribution is 7.07. The summed E-state index contributed by atoms with van der Waals surface area (Å²) in [6.07, 6.45) is 3.17. The van der Waals surface area contributed by atoms with Gasteiger partial charge in [0.15, 0.2) is 5.57 Å². The Kier molecular flexibility index (Phi) is 7.62. The van der Waals surface area contributed by atoms with Crippen molar-refractivity contribution >= 4 is 34.8 Å². The van der Waals surface area contributed by atoms with E-state index in [9.17, 15) is 20.0 Å². The SMILES string of the molecule is CCCCn1c(=C(C#N)C(=O)OCC)sc(=CNc2cc(C)c(O)c(C)c2)c1=O. The van der Waals surface area contributed by atoms with Gasteiger partial charge in [0.25, 0.3) is 5.56 Å². The number of aromatic nitrogens is 1. The van der Waals surface area contributed by atoms with Gasteiger partial charge in [0.2, 0.25) is 0 Å². The van der Waals surface area contributed by atoms with Gasteiger partial charge < -0.3 is 15.2 Å². The number of carbonyl (C=O) groups is 1. The second-order valence-electron chi connectivity index (χ2n) is 6.54. The van der Waals surface area contributed by atoms with Crippen LogP contribution in [-0.4, -0.2) is 22.2 Å². The predicted octanol–water partition coefficient (Wildman–Crippen LogP) is 2.12. The van der Waals surface area contributed by atoms with Crippen LogP contribution in [0.1, 0.15) is 37.8 Å². The van der Waals surface area contributed by atoms with E-state index in [1.807, 2.05) is 13.0 Å². The predicted molar refractivity (Wildman–Crippen MR) is 114 cm³/mol. The summed E-state index contributed by atoms with van der Waals surface area (Å²) in [5.74, 6) is -0.496. The van der Waals surface area contributed by atoms with Crippen LogP contribution in [0.4, 0.5) is 5.69 Å². The number of carbonyl (C=O) groups excluding carboxylic acids is 1. The lowest BCUT2D eigenvalue weighted by Crippen LogP contribution is -2.33. The first-order valence-corrected chi connectivity index (χ1v) is 10.2. The lowest BCUT2D eigenvalue weighted by molar-refractivity contribution is -0.136. The standard InChI is InChI=1S/C21H25N3O4S/c1-5-7-8-24-19(26)17(29-20(24)16(11-22)21(27)28-6-2)12-23-15-9-13(3)18(25)14(4)10-15/h9-10,12,23,25H,5-8H2,1-4H3. The molecule has 2 aromatic rings. The third kappa shape index (κ3) is 5.06. The van der Waals surface area contributed by atoms with Crippen molar-refractivity contribution in [2.45, 2.75) is 47.1 Å². The van der Waals surface area contributed by atoms with Crippen LogP contribution in [0.15, 0.2) is 16.9 Å². The first-order valence-electron chi connectivity index (χ1n) is 9.42. The number of anilines is 1. The minimum atomic E-state index is -0.731. The maximum Gasteiger partial charge on any atom is 0.351 e. The Labute approximate surface area is 173 Å². The number of rotatable bonds is 7. The molecule has 0 spiro atoms. The van der Waals surface area contributed by atoms with Crippen molar-refractivity contribution in [1.29, 1.82) is 5.26 Å². The summed E-state index contributed by atoms with van der Waals surface area (Å²) < 4.78 is 7.10. The lowest BCUT2D eigenvalue weighted by Gasteiger charge is -2.07. The summed E-state index contributed by atoms with van der Waals surface area (Å²) >= 11 is 1.08. The summed E-state index contributed by atoms with van der Waals surface area (Å²) in [7, 11) is 0. The van der Waals surface area contributed by atoms with E-state index in [2.05, 4.69) is 5.32 Å². The Morgan fingerprint density at radius 3 is 2.55 bits per heavy atom. The molecule has 0 unspecified atom stereocenters. The maximum atomic E-state index is 12.9. The second kappa shape index (κ2) is 9.94. The van der Waals surface area contributed by atoms with E-state index in [1.54, 1.807) is 39.1 Å². The van der Waals surface area contributed by atoms with Crippen LogP contribution in [-0.2, 0) is 16.1 Å². The van der Waals surface area contributed by atoms with E-state index in [4.69, 9.17) is 4.74 Å². The molecule has 0 aliphatic carbocycles. The average molecular weight is 416 g/mol. The number of nitrogens with zero attached hydrogens (tertiary/aromatic N) is 2. The molecule has 0 atom stereocenters. The van der Waals surface area contributed by atoms with Crippen LogP contribution in [0.5, 0.6) is 5.75 Å². The smallest absolute Gasteiger partial charge is 0.351 e. The van der Waals surface area contributed by atoms with E-state index in [0.717, 1.165) is 41.0 Å². The zero-order valence-electron chi connectivity index (χ0n) is 17.0. The topological polar surface area (TPSA) is 104 Å². The fourth-order valence-corrected chi connectivity index (χ4v) is 3.84. The fourth-order valence-electron chi connectivity index (χ4n) is 2.80. The van der Waals surface area contributed by atoms with Gasteiger partial charge in [0, 0.05) is 18.4 Å². The largest absolute Gasteiger partial charge is 0.507 e. The number of esters is 1. The van der Waals surface area contributed by atoms with Crippen molar-refractivity contribution in [3.05, 3.63) is 42.8 Å². The van der Waals surface area contributed by atoms with Crippen molar-refractivity contribution in [2.75, 3.05) is 11.9 Å². The monoisotopic (exact) mass is 415 g/mol. The molecule has 0 aliphatic heterocycles. The maximum absolute atomic E-state index is 12.9. The molecule has 0 amide bonds. The van der Waals surface area contributed by atoms with Gasteiger partial charge in [-0.25, -0.2) is 4.79 Å². The van der Waals surface area contributed by atoms with E-state index in [1.165, 1.54) is 4.57 Å². The first kappa shape index (κ1) is 22.2. The second-order valence-corrected chi connectivity index (χ2v) is 7.57.